The maximum atomic E-state index is 14.5. The zero-order valence-electron chi connectivity index (χ0n) is 25.1. The van der Waals surface area contributed by atoms with E-state index in [9.17, 15) is 27.9 Å². The van der Waals surface area contributed by atoms with Crippen molar-refractivity contribution >= 4 is 17.3 Å². The minimum Gasteiger partial charge on any atom is -0.497 e. The molecule has 1 fully saturated rings. The number of carbonyl (C=O) groups excluding carboxylic acids is 1. The second-order valence-corrected chi connectivity index (χ2v) is 10.8. The number of aliphatic hydroxyl groups is 1. The highest BCUT2D eigenvalue weighted by Crippen LogP contribution is 2.39. The molecule has 0 unspecified atom stereocenters. The molecule has 2 aliphatic rings. The molecule has 0 spiro atoms. The van der Waals surface area contributed by atoms with E-state index in [4.69, 9.17) is 9.47 Å². The highest BCUT2D eigenvalue weighted by molar-refractivity contribution is 5.84. The molecule has 2 aromatic carbocycles. The van der Waals surface area contributed by atoms with Crippen LogP contribution in [0.15, 0.2) is 41.2 Å². The van der Waals surface area contributed by atoms with E-state index in [1.54, 1.807) is 32.9 Å². The summed E-state index contributed by atoms with van der Waals surface area (Å²) in [6.07, 6.45) is -4.56. The van der Waals surface area contributed by atoms with Gasteiger partial charge in [0.1, 0.15) is 17.2 Å². The van der Waals surface area contributed by atoms with Crippen molar-refractivity contribution in [1.82, 2.24) is 14.7 Å². The number of nitrogens with zero attached hydrogens (tertiary/aromatic N) is 5. The number of ether oxygens (including phenoxy) is 2. The van der Waals surface area contributed by atoms with E-state index in [0.717, 1.165) is 10.7 Å². The van der Waals surface area contributed by atoms with Gasteiger partial charge in [0, 0.05) is 55.6 Å². The first-order chi connectivity index (χ1) is 21.0. The van der Waals surface area contributed by atoms with Gasteiger partial charge in [-0.25, -0.2) is 0 Å². The lowest BCUT2D eigenvalue weighted by atomic mass is 10.0. The Morgan fingerprint density at radius 2 is 1.75 bits per heavy atom. The molecule has 10 nitrogen and oxygen atoms in total. The Labute approximate surface area is 253 Å². The molecule has 1 amide bonds. The van der Waals surface area contributed by atoms with E-state index in [-0.39, 0.29) is 30.4 Å². The Balaban J connectivity index is 1.76. The number of benzene rings is 2. The van der Waals surface area contributed by atoms with Crippen LogP contribution in [0, 0.1) is 0 Å². The Morgan fingerprint density at radius 3 is 2.32 bits per heavy atom. The van der Waals surface area contributed by atoms with Crippen LogP contribution in [0.25, 0.3) is 16.9 Å². The van der Waals surface area contributed by atoms with Crippen LogP contribution in [0.4, 0.5) is 24.5 Å². The van der Waals surface area contributed by atoms with Gasteiger partial charge in [-0.05, 0) is 57.0 Å². The second kappa shape index (κ2) is 12.4. The van der Waals surface area contributed by atoms with Gasteiger partial charge in [-0.1, -0.05) is 0 Å². The summed E-state index contributed by atoms with van der Waals surface area (Å²) in [6.45, 7) is 5.60. The van der Waals surface area contributed by atoms with Gasteiger partial charge >= 0.3 is 6.18 Å². The van der Waals surface area contributed by atoms with Crippen molar-refractivity contribution in [2.24, 2.45) is 0 Å². The molecule has 0 saturated carbocycles. The fourth-order valence-electron chi connectivity index (χ4n) is 5.91. The van der Waals surface area contributed by atoms with Gasteiger partial charge in [-0.2, -0.15) is 23.0 Å². The first kappa shape index (κ1) is 31.2. The molecule has 5 rings (SSSR count). The van der Waals surface area contributed by atoms with E-state index in [1.807, 2.05) is 13.8 Å². The molecule has 1 aromatic heterocycles. The number of fused-ring (bicyclic) bond motifs is 1. The average Bonchev–Trinajstić information content (AvgIpc) is 3.63. The number of carbonyl (C=O) groups is 1. The Hall–Kier alpha value is -4.26. The summed E-state index contributed by atoms with van der Waals surface area (Å²) >= 11 is 0. The SMILES string of the molecule is CCN(CC)C(=O)CN1CCc2c(-c3cc(OC)cc(OC)c3)nn(-c3cc(N4CC[C@H](O)C4)ccc3C(F)(F)F)c(=O)c21. The molecule has 2 aliphatic heterocycles. The van der Waals surface area contributed by atoms with Crippen LogP contribution in [0.5, 0.6) is 11.5 Å². The normalized spacial score (nSPS) is 16.3. The highest BCUT2D eigenvalue weighted by Gasteiger charge is 2.37. The number of aromatic nitrogens is 2. The number of likely N-dealkylation sites (N-methyl/N-ethyl adjacent to an activating group) is 1. The minimum atomic E-state index is -4.80. The van der Waals surface area contributed by atoms with Crippen molar-refractivity contribution in [2.45, 2.75) is 39.0 Å². The third kappa shape index (κ3) is 5.92. The lowest BCUT2D eigenvalue weighted by Crippen LogP contribution is -2.41. The molecular weight excluding hydrogens is 579 g/mol. The molecule has 3 heterocycles. The average molecular weight is 616 g/mol. The molecule has 1 atom stereocenters. The van der Waals surface area contributed by atoms with Crippen LogP contribution in [0.2, 0.25) is 0 Å². The molecule has 0 aliphatic carbocycles. The van der Waals surface area contributed by atoms with Gasteiger partial charge in [-0.3, -0.25) is 9.59 Å². The molecule has 236 valence electrons. The van der Waals surface area contributed by atoms with Crippen molar-refractivity contribution in [1.29, 1.82) is 0 Å². The zero-order chi connectivity index (χ0) is 31.8. The number of amides is 1. The molecule has 13 heteroatoms. The standard InChI is InChI=1S/C31H36F3N5O5/c1-5-36(6-2)27(41)18-38-12-10-24-28(19-13-22(43-3)16-23(14-19)44-4)35-39(30(42)29(24)38)26-15-20(37-11-9-21(40)17-37)7-8-25(26)31(32,33)34/h7-8,13-16,21,40H,5-6,9-12,17-18H2,1-4H3/t21-/m0/s1. The maximum Gasteiger partial charge on any atom is 0.418 e. The Bertz CT molecular complexity index is 1580. The smallest absolute Gasteiger partial charge is 0.418 e. The number of aliphatic hydroxyl groups excluding tert-OH is 1. The third-order valence-electron chi connectivity index (χ3n) is 8.23. The number of hydrogen-bond acceptors (Lipinski definition) is 8. The Kier molecular flexibility index (Phi) is 8.78. The van der Waals surface area contributed by atoms with Gasteiger partial charge in [0.2, 0.25) is 5.91 Å². The van der Waals surface area contributed by atoms with Gasteiger partial charge in [0.15, 0.2) is 0 Å². The molecule has 1 N–H and O–H groups in total. The summed E-state index contributed by atoms with van der Waals surface area (Å²) in [5.74, 6) is 0.676. The van der Waals surface area contributed by atoms with Crippen LogP contribution in [0.1, 0.15) is 31.4 Å². The van der Waals surface area contributed by atoms with E-state index >= 15 is 0 Å². The molecule has 44 heavy (non-hydrogen) atoms. The van der Waals surface area contributed by atoms with Crippen molar-refractivity contribution in [2.75, 3.05) is 63.3 Å². The fraction of sp³-hybridized carbons (Fsp3) is 0.452. The topological polar surface area (TPSA) is 100 Å². The van der Waals surface area contributed by atoms with Gasteiger partial charge < -0.3 is 29.3 Å². The molecule has 1 saturated heterocycles. The van der Waals surface area contributed by atoms with E-state index in [2.05, 4.69) is 5.10 Å². The van der Waals surface area contributed by atoms with E-state index in [0.29, 0.717) is 67.3 Å². The predicted octanol–water partition coefficient (Wildman–Crippen LogP) is 3.74. The largest absolute Gasteiger partial charge is 0.497 e. The van der Waals surface area contributed by atoms with Gasteiger partial charge in [0.25, 0.3) is 5.56 Å². The lowest BCUT2D eigenvalue weighted by molar-refractivity contribution is -0.137. The van der Waals surface area contributed by atoms with Crippen molar-refractivity contribution in [3.8, 4) is 28.4 Å². The first-order valence-electron chi connectivity index (χ1n) is 14.6. The summed E-state index contributed by atoms with van der Waals surface area (Å²) in [6, 6.07) is 8.58. The minimum absolute atomic E-state index is 0.105. The second-order valence-electron chi connectivity index (χ2n) is 10.8. The summed E-state index contributed by atoms with van der Waals surface area (Å²) in [7, 11) is 2.96. The van der Waals surface area contributed by atoms with E-state index < -0.39 is 29.1 Å². The number of anilines is 2. The Morgan fingerprint density at radius 1 is 1.07 bits per heavy atom. The number of methoxy groups -OCH3 is 2. The molecule has 3 aromatic rings. The van der Waals surface area contributed by atoms with Crippen LogP contribution < -0.4 is 24.8 Å². The molecular formula is C31H36F3N5O5. The van der Waals surface area contributed by atoms with E-state index in [1.165, 1.54) is 26.4 Å². The maximum absolute atomic E-state index is 14.5. The third-order valence-corrected chi connectivity index (χ3v) is 8.23. The summed E-state index contributed by atoms with van der Waals surface area (Å²) in [4.78, 5) is 32.4. The van der Waals surface area contributed by atoms with Gasteiger partial charge in [0.05, 0.1) is 43.8 Å². The number of halogens is 3. The summed E-state index contributed by atoms with van der Waals surface area (Å²) in [5, 5.41) is 14.6. The zero-order valence-corrected chi connectivity index (χ0v) is 25.1. The summed E-state index contributed by atoms with van der Waals surface area (Å²) < 4.78 is 55.0. The van der Waals surface area contributed by atoms with Gasteiger partial charge in [-0.15, -0.1) is 0 Å². The van der Waals surface area contributed by atoms with Crippen LogP contribution in [-0.4, -0.2) is 85.3 Å². The molecule has 0 bridgehead atoms. The van der Waals surface area contributed by atoms with Crippen LogP contribution in [0.3, 0.4) is 0 Å². The quantitative estimate of drug-likeness (QED) is 0.389. The van der Waals surface area contributed by atoms with Crippen LogP contribution >= 0.6 is 0 Å². The summed E-state index contributed by atoms with van der Waals surface area (Å²) in [5.41, 5.74) is -0.380. The van der Waals surface area contributed by atoms with Crippen molar-refractivity contribution in [3.05, 3.63) is 57.9 Å². The predicted molar refractivity (Wildman–Crippen MR) is 160 cm³/mol. The first-order valence-corrected chi connectivity index (χ1v) is 14.6. The lowest BCUT2D eigenvalue weighted by Gasteiger charge is -2.25. The number of rotatable bonds is 9. The number of β-amino-alcohol motifs (C(OH)–C–C–N with tert-alkyl or cyclic N) is 1. The highest BCUT2D eigenvalue weighted by atomic mass is 19.4. The van der Waals surface area contributed by atoms with Crippen molar-refractivity contribution < 1.29 is 32.5 Å². The molecule has 0 radical (unpaired) electrons. The fourth-order valence-corrected chi connectivity index (χ4v) is 5.91. The van der Waals surface area contributed by atoms with Crippen LogP contribution in [-0.2, 0) is 17.4 Å². The number of hydrogen-bond donors (Lipinski definition) is 1. The monoisotopic (exact) mass is 615 g/mol. The number of alkyl halides is 3. The van der Waals surface area contributed by atoms with Crippen molar-refractivity contribution in [3.63, 3.8) is 0 Å².